The standard InChI is InChI=1S/C12H14FN3O2S2/c1-8-16-11(7-19-8)6-15-20(17,18)12-4-10(13)3-2-9(12)5-14/h2-4,7,15H,5-6,14H2,1H3. The fourth-order valence-electron chi connectivity index (χ4n) is 1.68. The highest BCUT2D eigenvalue weighted by atomic mass is 32.2. The van der Waals surface area contributed by atoms with Gasteiger partial charge in [0.25, 0.3) is 0 Å². The number of aromatic nitrogens is 1. The molecule has 0 fully saturated rings. The van der Waals surface area contributed by atoms with Crippen molar-refractivity contribution in [2.75, 3.05) is 0 Å². The van der Waals surface area contributed by atoms with E-state index < -0.39 is 15.8 Å². The van der Waals surface area contributed by atoms with E-state index in [0.29, 0.717) is 11.3 Å². The minimum Gasteiger partial charge on any atom is -0.326 e. The first kappa shape index (κ1) is 15.0. The molecule has 0 bridgehead atoms. The van der Waals surface area contributed by atoms with Crippen molar-refractivity contribution in [1.29, 1.82) is 0 Å². The lowest BCUT2D eigenvalue weighted by atomic mass is 10.2. The number of nitrogens with two attached hydrogens (primary N) is 1. The molecule has 2 rings (SSSR count). The van der Waals surface area contributed by atoms with Gasteiger partial charge >= 0.3 is 0 Å². The van der Waals surface area contributed by atoms with Crippen LogP contribution in [0.3, 0.4) is 0 Å². The van der Waals surface area contributed by atoms with Crippen molar-refractivity contribution in [2.45, 2.75) is 24.9 Å². The lowest BCUT2D eigenvalue weighted by molar-refractivity contribution is 0.575. The van der Waals surface area contributed by atoms with E-state index in [1.54, 1.807) is 5.38 Å². The molecular weight excluding hydrogens is 301 g/mol. The van der Waals surface area contributed by atoms with Crippen LogP contribution < -0.4 is 10.5 Å². The van der Waals surface area contributed by atoms with Crippen molar-refractivity contribution in [2.24, 2.45) is 5.73 Å². The molecule has 2 aromatic rings. The molecule has 0 saturated carbocycles. The Hall–Kier alpha value is -1.35. The van der Waals surface area contributed by atoms with Crippen LogP contribution in [-0.4, -0.2) is 13.4 Å². The number of nitrogens with zero attached hydrogens (tertiary/aromatic N) is 1. The first-order chi connectivity index (χ1) is 9.42. The maximum atomic E-state index is 13.2. The summed E-state index contributed by atoms with van der Waals surface area (Å²) in [6.45, 7) is 1.92. The van der Waals surface area contributed by atoms with Gasteiger partial charge in [-0.05, 0) is 24.6 Å². The largest absolute Gasteiger partial charge is 0.326 e. The van der Waals surface area contributed by atoms with Gasteiger partial charge in [-0.2, -0.15) is 0 Å². The van der Waals surface area contributed by atoms with E-state index in [4.69, 9.17) is 5.73 Å². The third-order valence-electron chi connectivity index (χ3n) is 2.65. The van der Waals surface area contributed by atoms with E-state index in [0.717, 1.165) is 11.1 Å². The molecule has 0 aliphatic rings. The van der Waals surface area contributed by atoms with Gasteiger partial charge in [0, 0.05) is 11.9 Å². The third kappa shape index (κ3) is 3.40. The molecule has 1 heterocycles. The highest BCUT2D eigenvalue weighted by Gasteiger charge is 2.19. The van der Waals surface area contributed by atoms with Crippen LogP contribution in [0.2, 0.25) is 0 Å². The molecule has 5 nitrogen and oxygen atoms in total. The first-order valence-corrected chi connectivity index (χ1v) is 8.18. The van der Waals surface area contributed by atoms with E-state index in [2.05, 4.69) is 9.71 Å². The Morgan fingerprint density at radius 2 is 2.20 bits per heavy atom. The van der Waals surface area contributed by atoms with Gasteiger partial charge in [0.2, 0.25) is 10.0 Å². The molecule has 108 valence electrons. The van der Waals surface area contributed by atoms with Gasteiger partial charge in [-0.15, -0.1) is 11.3 Å². The van der Waals surface area contributed by atoms with Crippen molar-refractivity contribution >= 4 is 21.4 Å². The second-order valence-electron chi connectivity index (χ2n) is 4.14. The van der Waals surface area contributed by atoms with E-state index in [1.165, 1.54) is 23.5 Å². The maximum Gasteiger partial charge on any atom is 0.241 e. The highest BCUT2D eigenvalue weighted by molar-refractivity contribution is 7.89. The zero-order valence-corrected chi connectivity index (χ0v) is 12.4. The summed E-state index contributed by atoms with van der Waals surface area (Å²) in [5, 5.41) is 2.63. The zero-order chi connectivity index (χ0) is 14.8. The third-order valence-corrected chi connectivity index (χ3v) is 4.95. The molecule has 0 spiro atoms. The number of rotatable bonds is 5. The molecule has 1 aromatic carbocycles. The van der Waals surface area contributed by atoms with Crippen LogP contribution in [0.4, 0.5) is 4.39 Å². The second-order valence-corrected chi connectivity index (χ2v) is 6.94. The van der Waals surface area contributed by atoms with E-state index in [1.807, 2.05) is 6.92 Å². The van der Waals surface area contributed by atoms with Crippen LogP contribution in [-0.2, 0) is 23.1 Å². The number of sulfonamides is 1. The monoisotopic (exact) mass is 315 g/mol. The van der Waals surface area contributed by atoms with Crippen molar-refractivity contribution in [1.82, 2.24) is 9.71 Å². The fourth-order valence-corrected chi connectivity index (χ4v) is 3.55. The molecule has 0 amide bonds. The molecule has 0 saturated heterocycles. The molecule has 1 aromatic heterocycles. The Balaban J connectivity index is 2.24. The van der Waals surface area contributed by atoms with Gasteiger partial charge in [0.15, 0.2) is 0 Å². The summed E-state index contributed by atoms with van der Waals surface area (Å²) in [5.74, 6) is -0.618. The van der Waals surface area contributed by atoms with Gasteiger partial charge in [-0.3, -0.25) is 0 Å². The zero-order valence-electron chi connectivity index (χ0n) is 10.8. The number of benzene rings is 1. The van der Waals surface area contributed by atoms with Crippen LogP contribution in [0.5, 0.6) is 0 Å². The molecule has 20 heavy (non-hydrogen) atoms. The highest BCUT2D eigenvalue weighted by Crippen LogP contribution is 2.17. The lowest BCUT2D eigenvalue weighted by Gasteiger charge is -2.09. The molecule has 0 unspecified atom stereocenters. The fraction of sp³-hybridized carbons (Fsp3) is 0.250. The summed E-state index contributed by atoms with van der Waals surface area (Å²) >= 11 is 1.43. The average Bonchev–Trinajstić information content (AvgIpc) is 2.82. The van der Waals surface area contributed by atoms with Gasteiger partial charge in [-0.1, -0.05) is 6.07 Å². The Morgan fingerprint density at radius 1 is 1.45 bits per heavy atom. The van der Waals surface area contributed by atoms with Crippen molar-refractivity contribution in [3.05, 3.63) is 45.7 Å². The van der Waals surface area contributed by atoms with Crippen molar-refractivity contribution < 1.29 is 12.8 Å². The Bertz CT molecular complexity index is 713. The van der Waals surface area contributed by atoms with E-state index in [-0.39, 0.29) is 18.0 Å². The topological polar surface area (TPSA) is 85.1 Å². The maximum absolute atomic E-state index is 13.2. The van der Waals surface area contributed by atoms with E-state index >= 15 is 0 Å². The molecule has 3 N–H and O–H groups in total. The number of nitrogens with one attached hydrogen (secondary N) is 1. The molecular formula is C12H14FN3O2S2. The lowest BCUT2D eigenvalue weighted by Crippen LogP contribution is -2.25. The van der Waals surface area contributed by atoms with Gasteiger partial charge < -0.3 is 5.73 Å². The summed E-state index contributed by atoms with van der Waals surface area (Å²) in [4.78, 5) is 4.03. The number of hydrogen-bond acceptors (Lipinski definition) is 5. The van der Waals surface area contributed by atoms with Gasteiger partial charge in [0.1, 0.15) is 5.82 Å². The van der Waals surface area contributed by atoms with Crippen LogP contribution in [0.1, 0.15) is 16.3 Å². The van der Waals surface area contributed by atoms with Crippen molar-refractivity contribution in [3.63, 3.8) is 0 Å². The minimum absolute atomic E-state index is 0.0202. The summed E-state index contributed by atoms with van der Waals surface area (Å²) in [6, 6.07) is 3.53. The quantitative estimate of drug-likeness (QED) is 0.876. The predicted molar refractivity (Wildman–Crippen MR) is 75.2 cm³/mol. The average molecular weight is 315 g/mol. The summed E-state index contributed by atoms with van der Waals surface area (Å²) < 4.78 is 40.0. The van der Waals surface area contributed by atoms with Crippen molar-refractivity contribution in [3.8, 4) is 0 Å². The smallest absolute Gasteiger partial charge is 0.241 e. The number of halogens is 1. The molecule has 0 radical (unpaired) electrons. The number of aryl methyl sites for hydroxylation is 1. The predicted octanol–water partition coefficient (Wildman–Crippen LogP) is 1.53. The first-order valence-electron chi connectivity index (χ1n) is 5.81. The van der Waals surface area contributed by atoms with Gasteiger partial charge in [0.05, 0.1) is 22.1 Å². The van der Waals surface area contributed by atoms with Crippen LogP contribution in [0, 0.1) is 12.7 Å². The van der Waals surface area contributed by atoms with Crippen LogP contribution >= 0.6 is 11.3 Å². The minimum atomic E-state index is -3.82. The molecule has 0 atom stereocenters. The van der Waals surface area contributed by atoms with Crippen LogP contribution in [0.15, 0.2) is 28.5 Å². The Labute approximate surface area is 120 Å². The summed E-state index contributed by atoms with van der Waals surface area (Å²) in [7, 11) is -3.82. The van der Waals surface area contributed by atoms with Crippen LogP contribution in [0.25, 0.3) is 0 Å². The normalized spacial score (nSPS) is 11.8. The second kappa shape index (κ2) is 5.96. The summed E-state index contributed by atoms with van der Waals surface area (Å²) in [6.07, 6.45) is 0. The molecule has 8 heteroatoms. The Kier molecular flexibility index (Phi) is 4.48. The van der Waals surface area contributed by atoms with E-state index in [9.17, 15) is 12.8 Å². The number of thiazole rings is 1. The molecule has 0 aliphatic heterocycles. The van der Waals surface area contributed by atoms with Gasteiger partial charge in [-0.25, -0.2) is 22.5 Å². The summed E-state index contributed by atoms with van der Waals surface area (Å²) in [5.41, 5.74) is 6.48. The Morgan fingerprint density at radius 3 is 2.80 bits per heavy atom. The molecule has 0 aliphatic carbocycles. The SMILES string of the molecule is Cc1nc(CNS(=O)(=O)c2cc(F)ccc2CN)cs1. The number of hydrogen-bond donors (Lipinski definition) is 2.